The molecular weight excluding hydrogens is 204 g/mol. The number of hydrogen-bond acceptors (Lipinski definition) is 3. The summed E-state index contributed by atoms with van der Waals surface area (Å²) in [6, 6.07) is -0.349. The van der Waals surface area contributed by atoms with E-state index in [1.807, 2.05) is 20.8 Å². The van der Waals surface area contributed by atoms with E-state index in [1.165, 1.54) is 6.92 Å². The molecule has 4 heteroatoms. The van der Waals surface area contributed by atoms with E-state index in [0.717, 1.165) is 12.8 Å². The Morgan fingerprint density at radius 3 is 2.25 bits per heavy atom. The van der Waals surface area contributed by atoms with Crippen LogP contribution in [0.1, 0.15) is 47.0 Å². The summed E-state index contributed by atoms with van der Waals surface area (Å²) in [5, 5.41) is 2.86. The predicted molar refractivity (Wildman–Crippen MR) is 65.0 cm³/mol. The quantitative estimate of drug-likeness (QED) is 0.672. The first kappa shape index (κ1) is 15.1. The van der Waals surface area contributed by atoms with Crippen molar-refractivity contribution in [3.8, 4) is 0 Å². The molecule has 0 aromatic rings. The molecule has 0 aromatic carbocycles. The fourth-order valence-corrected chi connectivity index (χ4v) is 1.16. The second-order valence-corrected chi connectivity index (χ2v) is 5.22. The van der Waals surface area contributed by atoms with E-state index >= 15 is 0 Å². The fourth-order valence-electron chi connectivity index (χ4n) is 1.16. The molecule has 1 amide bonds. The predicted octanol–water partition coefficient (Wildman–Crippen LogP) is 1.24. The number of carbonyl (C=O) groups is 2. The van der Waals surface area contributed by atoms with Crippen molar-refractivity contribution in [2.75, 3.05) is 6.54 Å². The summed E-state index contributed by atoms with van der Waals surface area (Å²) in [5.74, 6) is 0.0853. The molecule has 0 heterocycles. The number of ketones is 1. The molecule has 0 unspecified atom stereocenters. The third-order valence-electron chi connectivity index (χ3n) is 2.43. The van der Waals surface area contributed by atoms with Gasteiger partial charge in [0.05, 0.1) is 6.04 Å². The van der Waals surface area contributed by atoms with Crippen LogP contribution >= 0.6 is 0 Å². The second-order valence-electron chi connectivity index (χ2n) is 5.22. The van der Waals surface area contributed by atoms with Crippen LogP contribution in [0.5, 0.6) is 0 Å². The van der Waals surface area contributed by atoms with Gasteiger partial charge < -0.3 is 11.1 Å². The van der Waals surface area contributed by atoms with Gasteiger partial charge in [0.15, 0.2) is 0 Å². The molecule has 0 aliphatic carbocycles. The van der Waals surface area contributed by atoms with Crippen molar-refractivity contribution >= 4 is 11.7 Å². The van der Waals surface area contributed by atoms with Crippen LogP contribution in [0.15, 0.2) is 0 Å². The van der Waals surface area contributed by atoms with Crippen LogP contribution in [-0.4, -0.2) is 24.3 Å². The number of nitrogens with one attached hydrogen (secondary N) is 1. The minimum Gasteiger partial charge on any atom is -0.356 e. The molecule has 0 aliphatic heterocycles. The minimum absolute atomic E-state index is 0.0266. The smallest absolute Gasteiger partial charge is 0.225 e. The van der Waals surface area contributed by atoms with Crippen LogP contribution in [0.3, 0.4) is 0 Å². The van der Waals surface area contributed by atoms with Gasteiger partial charge in [0.2, 0.25) is 5.91 Å². The Bertz CT molecular complexity index is 244. The van der Waals surface area contributed by atoms with Crippen molar-refractivity contribution in [2.45, 2.75) is 53.0 Å². The first-order chi connectivity index (χ1) is 7.25. The van der Waals surface area contributed by atoms with E-state index in [9.17, 15) is 9.59 Å². The maximum atomic E-state index is 11.5. The topological polar surface area (TPSA) is 72.2 Å². The van der Waals surface area contributed by atoms with Crippen molar-refractivity contribution in [1.82, 2.24) is 5.32 Å². The van der Waals surface area contributed by atoms with Crippen LogP contribution in [0.4, 0.5) is 0 Å². The Labute approximate surface area is 98.0 Å². The lowest BCUT2D eigenvalue weighted by Crippen LogP contribution is -2.35. The monoisotopic (exact) mass is 228 g/mol. The first-order valence-electron chi connectivity index (χ1n) is 5.79. The van der Waals surface area contributed by atoms with Crippen molar-refractivity contribution in [1.29, 1.82) is 0 Å². The molecule has 0 saturated heterocycles. The van der Waals surface area contributed by atoms with E-state index in [1.54, 1.807) is 0 Å². The van der Waals surface area contributed by atoms with E-state index in [2.05, 4.69) is 5.32 Å². The molecule has 0 aromatic heterocycles. The number of unbranched alkanes of at least 4 members (excludes halogenated alkanes) is 1. The third-order valence-corrected chi connectivity index (χ3v) is 2.43. The van der Waals surface area contributed by atoms with Crippen molar-refractivity contribution in [2.24, 2.45) is 11.1 Å². The van der Waals surface area contributed by atoms with Crippen molar-refractivity contribution in [3.05, 3.63) is 0 Å². The average molecular weight is 228 g/mol. The summed E-state index contributed by atoms with van der Waals surface area (Å²) >= 11 is 0. The van der Waals surface area contributed by atoms with Gasteiger partial charge in [-0.25, -0.2) is 0 Å². The van der Waals surface area contributed by atoms with Crippen LogP contribution in [0.25, 0.3) is 0 Å². The molecule has 0 bridgehead atoms. The molecule has 94 valence electrons. The van der Waals surface area contributed by atoms with Crippen LogP contribution in [0, 0.1) is 5.41 Å². The Morgan fingerprint density at radius 2 is 1.81 bits per heavy atom. The van der Waals surface area contributed by atoms with E-state index in [4.69, 9.17) is 5.73 Å². The van der Waals surface area contributed by atoms with Crippen LogP contribution in [-0.2, 0) is 9.59 Å². The van der Waals surface area contributed by atoms with E-state index < -0.39 is 0 Å². The van der Waals surface area contributed by atoms with E-state index in [-0.39, 0.29) is 23.1 Å². The molecule has 16 heavy (non-hydrogen) atoms. The summed E-state index contributed by atoms with van der Waals surface area (Å²) in [6.07, 6.45) is 2.43. The maximum absolute atomic E-state index is 11.5. The molecule has 0 aliphatic rings. The van der Waals surface area contributed by atoms with Crippen molar-refractivity contribution in [3.63, 3.8) is 0 Å². The molecule has 1 atom stereocenters. The van der Waals surface area contributed by atoms with Gasteiger partial charge in [0, 0.05) is 12.0 Å². The highest BCUT2D eigenvalue weighted by molar-refractivity contribution is 5.81. The number of hydrogen-bond donors (Lipinski definition) is 2. The zero-order valence-electron chi connectivity index (χ0n) is 10.8. The minimum atomic E-state index is -0.349. The van der Waals surface area contributed by atoms with Gasteiger partial charge in [-0.15, -0.1) is 0 Å². The number of rotatable bonds is 6. The zero-order chi connectivity index (χ0) is 12.8. The number of Topliss-reactive ketones (excluding diaryl/α,β-unsaturated/α-hetero) is 1. The second kappa shape index (κ2) is 6.63. The highest BCUT2D eigenvalue weighted by Gasteiger charge is 2.20. The summed E-state index contributed by atoms with van der Waals surface area (Å²) in [4.78, 5) is 22.3. The molecule has 0 spiro atoms. The van der Waals surface area contributed by atoms with Crippen LogP contribution in [0.2, 0.25) is 0 Å². The van der Waals surface area contributed by atoms with Gasteiger partial charge in [0.1, 0.15) is 5.78 Å². The molecule has 0 fully saturated rings. The molecule has 0 saturated carbocycles. The van der Waals surface area contributed by atoms with Gasteiger partial charge in [-0.05, 0) is 26.2 Å². The zero-order valence-corrected chi connectivity index (χ0v) is 10.8. The maximum Gasteiger partial charge on any atom is 0.225 e. The highest BCUT2D eigenvalue weighted by Crippen LogP contribution is 2.12. The number of amides is 1. The van der Waals surface area contributed by atoms with Gasteiger partial charge in [0.25, 0.3) is 0 Å². The average Bonchev–Trinajstić information content (AvgIpc) is 2.14. The normalized spacial score (nSPS) is 13.3. The van der Waals surface area contributed by atoms with Crippen LogP contribution < -0.4 is 11.1 Å². The largest absolute Gasteiger partial charge is 0.356 e. The van der Waals surface area contributed by atoms with E-state index in [0.29, 0.717) is 13.0 Å². The highest BCUT2D eigenvalue weighted by atomic mass is 16.2. The molecule has 3 N–H and O–H groups in total. The van der Waals surface area contributed by atoms with Gasteiger partial charge in [-0.1, -0.05) is 20.8 Å². The lowest BCUT2D eigenvalue weighted by molar-refractivity contribution is -0.128. The Kier molecular flexibility index (Phi) is 6.26. The number of nitrogens with two attached hydrogens (primary N) is 1. The van der Waals surface area contributed by atoms with Gasteiger partial charge in [-0.3, -0.25) is 9.59 Å². The van der Waals surface area contributed by atoms with Gasteiger partial charge >= 0.3 is 0 Å². The standard InChI is InChI=1S/C12H24N2O2/c1-9(15)10(13)7-5-6-8-14-11(16)12(2,3)4/h10H,5-8,13H2,1-4H3,(H,14,16)/t10-/m0/s1. The summed E-state index contributed by atoms with van der Waals surface area (Å²) in [6.45, 7) is 7.81. The van der Waals surface area contributed by atoms with Crippen molar-refractivity contribution < 1.29 is 9.59 Å². The summed E-state index contributed by atoms with van der Waals surface area (Å²) in [5.41, 5.74) is 5.25. The lowest BCUT2D eigenvalue weighted by atomic mass is 9.95. The Hall–Kier alpha value is -0.900. The number of carbonyl (C=O) groups excluding carboxylic acids is 2. The lowest BCUT2D eigenvalue weighted by Gasteiger charge is -2.17. The fraction of sp³-hybridized carbons (Fsp3) is 0.833. The Balaban J connectivity index is 3.55. The third kappa shape index (κ3) is 6.56. The SMILES string of the molecule is CC(=O)[C@@H](N)CCCCNC(=O)C(C)(C)C. The summed E-state index contributed by atoms with van der Waals surface area (Å²) < 4.78 is 0. The summed E-state index contributed by atoms with van der Waals surface area (Å²) in [7, 11) is 0. The van der Waals surface area contributed by atoms with Gasteiger partial charge in [-0.2, -0.15) is 0 Å². The molecule has 0 radical (unpaired) electrons. The molecular formula is C12H24N2O2. The Morgan fingerprint density at radius 1 is 1.25 bits per heavy atom. The molecule has 4 nitrogen and oxygen atoms in total. The molecule has 0 rings (SSSR count). The first-order valence-corrected chi connectivity index (χ1v) is 5.79.